The van der Waals surface area contributed by atoms with Crippen molar-refractivity contribution in [3.8, 4) is 0 Å². The van der Waals surface area contributed by atoms with Gasteiger partial charge < -0.3 is 0 Å². The van der Waals surface area contributed by atoms with Crippen LogP contribution in [0.5, 0.6) is 0 Å². The molecule has 2 aromatic carbocycles. The molecule has 3 nitrogen and oxygen atoms in total. The Hall–Kier alpha value is -2.10. The second-order valence-electron chi connectivity index (χ2n) is 5.17. The van der Waals surface area contributed by atoms with E-state index >= 15 is 0 Å². The number of nitrogens with two attached hydrogens (primary N) is 1. The van der Waals surface area contributed by atoms with Gasteiger partial charge in [0.1, 0.15) is 0 Å². The minimum atomic E-state index is -0.303. The number of nitrogens with zero attached hydrogens (tertiary/aromatic N) is 1. The van der Waals surface area contributed by atoms with Crippen LogP contribution < -0.4 is 5.84 Å². The molecule has 0 fully saturated rings. The van der Waals surface area contributed by atoms with E-state index in [4.69, 9.17) is 17.4 Å². The fourth-order valence-corrected chi connectivity index (χ4v) is 2.49. The van der Waals surface area contributed by atoms with Gasteiger partial charge in [-0.1, -0.05) is 54.9 Å². The summed E-state index contributed by atoms with van der Waals surface area (Å²) in [6.45, 7) is 5.80. The van der Waals surface area contributed by atoms with Gasteiger partial charge in [0.05, 0.1) is 6.04 Å². The predicted molar refractivity (Wildman–Crippen MR) is 90.4 cm³/mol. The molecule has 22 heavy (non-hydrogen) atoms. The molecule has 0 unspecified atom stereocenters. The highest BCUT2D eigenvalue weighted by Gasteiger charge is 2.27. The number of hydrogen-bond acceptors (Lipinski definition) is 2. The van der Waals surface area contributed by atoms with Crippen LogP contribution in [0.25, 0.3) is 0 Å². The summed E-state index contributed by atoms with van der Waals surface area (Å²) in [5, 5.41) is 1.91. The van der Waals surface area contributed by atoms with Crippen molar-refractivity contribution < 1.29 is 4.79 Å². The Morgan fingerprint density at radius 1 is 1.18 bits per heavy atom. The molecule has 2 aromatic rings. The molecular formula is C18H19ClN2O. The molecule has 0 bridgehead atoms. The van der Waals surface area contributed by atoms with Gasteiger partial charge in [-0.25, -0.2) is 5.84 Å². The molecule has 2 N–H and O–H groups in total. The van der Waals surface area contributed by atoms with Crippen molar-refractivity contribution in [1.82, 2.24) is 5.01 Å². The SMILES string of the molecule is C=C[C@@H](C)[C@H](c1ccc(Cl)cc1)N(N)C(=O)c1ccccc1. The van der Waals surface area contributed by atoms with E-state index in [1.54, 1.807) is 30.3 Å². The van der Waals surface area contributed by atoms with E-state index in [0.717, 1.165) is 5.56 Å². The number of benzene rings is 2. The summed E-state index contributed by atoms with van der Waals surface area (Å²) in [5.41, 5.74) is 1.48. The van der Waals surface area contributed by atoms with E-state index in [1.807, 2.05) is 37.3 Å². The Labute approximate surface area is 136 Å². The van der Waals surface area contributed by atoms with Crippen LogP contribution >= 0.6 is 11.6 Å². The third-order valence-electron chi connectivity index (χ3n) is 3.64. The number of hydrogen-bond donors (Lipinski definition) is 1. The lowest BCUT2D eigenvalue weighted by molar-refractivity contribution is 0.0637. The Morgan fingerprint density at radius 2 is 1.77 bits per heavy atom. The Balaban J connectivity index is 2.35. The molecule has 114 valence electrons. The summed E-state index contributed by atoms with van der Waals surface area (Å²) in [6.07, 6.45) is 1.79. The van der Waals surface area contributed by atoms with Crippen molar-refractivity contribution in [3.63, 3.8) is 0 Å². The lowest BCUT2D eigenvalue weighted by Crippen LogP contribution is -2.42. The number of carbonyl (C=O) groups is 1. The zero-order chi connectivity index (χ0) is 16.1. The average molecular weight is 315 g/mol. The summed E-state index contributed by atoms with van der Waals surface area (Å²) in [4.78, 5) is 12.6. The second-order valence-corrected chi connectivity index (χ2v) is 5.61. The van der Waals surface area contributed by atoms with Gasteiger partial charge in [-0.05, 0) is 35.7 Å². The molecule has 0 aliphatic heterocycles. The van der Waals surface area contributed by atoms with Crippen molar-refractivity contribution in [3.05, 3.63) is 83.4 Å². The molecule has 0 spiro atoms. The molecule has 0 heterocycles. The largest absolute Gasteiger partial charge is 0.268 e. The maximum atomic E-state index is 12.6. The first kappa shape index (κ1) is 16.3. The number of rotatable bonds is 5. The van der Waals surface area contributed by atoms with E-state index < -0.39 is 0 Å². The van der Waals surface area contributed by atoms with Crippen LogP contribution in [0.2, 0.25) is 5.02 Å². The maximum absolute atomic E-state index is 12.6. The topological polar surface area (TPSA) is 46.3 Å². The molecule has 0 saturated heterocycles. The molecule has 2 rings (SSSR count). The van der Waals surface area contributed by atoms with Crippen molar-refractivity contribution in [1.29, 1.82) is 0 Å². The van der Waals surface area contributed by atoms with Gasteiger partial charge in [-0.3, -0.25) is 9.80 Å². The summed E-state index contributed by atoms with van der Waals surface area (Å²) in [7, 11) is 0. The van der Waals surface area contributed by atoms with Gasteiger partial charge in [-0.15, -0.1) is 6.58 Å². The first-order chi connectivity index (χ1) is 10.5. The maximum Gasteiger partial charge on any atom is 0.268 e. The van der Waals surface area contributed by atoms with Crippen LogP contribution in [0, 0.1) is 5.92 Å². The normalized spacial score (nSPS) is 13.2. The van der Waals surface area contributed by atoms with Crippen LogP contribution in [-0.2, 0) is 0 Å². The van der Waals surface area contributed by atoms with Crippen LogP contribution in [0.1, 0.15) is 28.9 Å². The monoisotopic (exact) mass is 314 g/mol. The summed E-state index contributed by atoms with van der Waals surface area (Å²) >= 11 is 5.94. The van der Waals surface area contributed by atoms with E-state index in [2.05, 4.69) is 6.58 Å². The highest BCUT2D eigenvalue weighted by atomic mass is 35.5. The first-order valence-corrected chi connectivity index (χ1v) is 7.43. The molecule has 0 radical (unpaired) electrons. The van der Waals surface area contributed by atoms with Crippen molar-refractivity contribution >= 4 is 17.5 Å². The van der Waals surface area contributed by atoms with E-state index in [1.165, 1.54) is 5.01 Å². The van der Waals surface area contributed by atoms with Crippen LogP contribution in [0.3, 0.4) is 0 Å². The van der Waals surface area contributed by atoms with Crippen LogP contribution in [0.4, 0.5) is 0 Å². The fraction of sp³-hybridized carbons (Fsp3) is 0.167. The molecule has 1 amide bonds. The molecule has 4 heteroatoms. The number of halogens is 1. The second kappa shape index (κ2) is 7.25. The third kappa shape index (κ3) is 3.56. The Morgan fingerprint density at radius 3 is 2.32 bits per heavy atom. The average Bonchev–Trinajstić information content (AvgIpc) is 2.56. The number of carbonyl (C=O) groups excluding carboxylic acids is 1. The highest BCUT2D eigenvalue weighted by molar-refractivity contribution is 6.30. The van der Waals surface area contributed by atoms with E-state index in [9.17, 15) is 4.79 Å². The molecule has 0 aliphatic rings. The van der Waals surface area contributed by atoms with Crippen LogP contribution in [-0.4, -0.2) is 10.9 Å². The zero-order valence-corrected chi connectivity index (χ0v) is 13.2. The standard InChI is InChI=1S/C18H19ClN2O/c1-3-13(2)17(14-9-11-16(19)12-10-14)21(20)18(22)15-7-5-4-6-8-15/h3-13,17H,1,20H2,2H3/t13-,17-/m1/s1. The van der Waals surface area contributed by atoms with Gasteiger partial charge in [0, 0.05) is 10.6 Å². The van der Waals surface area contributed by atoms with Crippen LogP contribution in [0.15, 0.2) is 67.3 Å². The number of amides is 1. The molecular weight excluding hydrogens is 296 g/mol. The lowest BCUT2D eigenvalue weighted by atomic mass is 9.93. The van der Waals surface area contributed by atoms with Crippen molar-refractivity contribution in [2.45, 2.75) is 13.0 Å². The Bertz CT molecular complexity index is 640. The highest BCUT2D eigenvalue weighted by Crippen LogP contribution is 2.29. The third-order valence-corrected chi connectivity index (χ3v) is 3.89. The zero-order valence-electron chi connectivity index (χ0n) is 12.4. The Kier molecular flexibility index (Phi) is 5.36. The van der Waals surface area contributed by atoms with Gasteiger partial charge in [0.15, 0.2) is 0 Å². The van der Waals surface area contributed by atoms with Gasteiger partial charge >= 0.3 is 0 Å². The van der Waals surface area contributed by atoms with E-state index in [0.29, 0.717) is 10.6 Å². The molecule has 0 aliphatic carbocycles. The molecule has 2 atom stereocenters. The lowest BCUT2D eigenvalue weighted by Gasteiger charge is -2.31. The quantitative estimate of drug-likeness (QED) is 0.389. The smallest absolute Gasteiger partial charge is 0.268 e. The molecule has 0 saturated carbocycles. The van der Waals surface area contributed by atoms with Gasteiger partial charge in [0.25, 0.3) is 5.91 Å². The van der Waals surface area contributed by atoms with Crippen molar-refractivity contribution in [2.24, 2.45) is 11.8 Å². The minimum Gasteiger partial charge on any atom is -0.268 e. The number of hydrazine groups is 1. The molecule has 0 aromatic heterocycles. The fourth-order valence-electron chi connectivity index (χ4n) is 2.36. The predicted octanol–water partition coefficient (Wildman–Crippen LogP) is 4.22. The summed E-state index contributed by atoms with van der Waals surface area (Å²) in [5.74, 6) is 5.91. The summed E-state index contributed by atoms with van der Waals surface area (Å²) < 4.78 is 0. The van der Waals surface area contributed by atoms with Gasteiger partial charge in [-0.2, -0.15) is 0 Å². The first-order valence-electron chi connectivity index (χ1n) is 7.06. The summed E-state index contributed by atoms with van der Waals surface area (Å²) in [6, 6.07) is 16.0. The minimum absolute atomic E-state index is 0.00108. The van der Waals surface area contributed by atoms with Crippen molar-refractivity contribution in [2.75, 3.05) is 0 Å². The van der Waals surface area contributed by atoms with Gasteiger partial charge in [0.2, 0.25) is 0 Å². The van der Waals surface area contributed by atoms with E-state index in [-0.39, 0.29) is 17.9 Å².